The van der Waals surface area contributed by atoms with Gasteiger partial charge in [-0.15, -0.1) is 0 Å². The molecule has 0 radical (unpaired) electrons. The summed E-state index contributed by atoms with van der Waals surface area (Å²) in [4.78, 5) is 24.3. The van der Waals surface area contributed by atoms with Crippen molar-refractivity contribution in [3.05, 3.63) is 0 Å². The Bertz CT molecular complexity index is 292. The number of aliphatic hydroxyl groups is 1. The van der Waals surface area contributed by atoms with E-state index in [0.717, 1.165) is 19.3 Å². The van der Waals surface area contributed by atoms with Gasteiger partial charge >= 0.3 is 12.0 Å². The van der Waals surface area contributed by atoms with E-state index < -0.39 is 5.97 Å². The summed E-state index contributed by atoms with van der Waals surface area (Å²) >= 11 is 0. The second-order valence-electron chi connectivity index (χ2n) is 4.68. The molecule has 3 N–H and O–H groups in total. The van der Waals surface area contributed by atoms with Crippen LogP contribution in [0.4, 0.5) is 4.79 Å². The Kier molecular flexibility index (Phi) is 5.91. The molecule has 1 aliphatic carbocycles. The number of nitrogens with one attached hydrogen (secondary N) is 1. The molecule has 0 heterocycles. The highest BCUT2D eigenvalue weighted by Gasteiger charge is 2.32. The molecule has 104 valence electrons. The number of carboxylic acid groups (broad SMARTS) is 1. The smallest absolute Gasteiger partial charge is 0.317 e. The lowest BCUT2D eigenvalue weighted by Gasteiger charge is -2.25. The molecule has 6 heteroatoms. The SMILES string of the molecule is CCCC(CC(=O)O)NC(=O)N(CCO)C1CC1. The first kappa shape index (κ1) is 14.8. The van der Waals surface area contributed by atoms with Gasteiger partial charge in [-0.3, -0.25) is 4.79 Å². The highest BCUT2D eigenvalue weighted by Crippen LogP contribution is 2.26. The average Bonchev–Trinajstić information content (AvgIpc) is 3.08. The van der Waals surface area contributed by atoms with Crippen LogP contribution >= 0.6 is 0 Å². The van der Waals surface area contributed by atoms with Gasteiger partial charge in [-0.05, 0) is 19.3 Å². The summed E-state index contributed by atoms with van der Waals surface area (Å²) < 4.78 is 0. The average molecular weight is 258 g/mol. The van der Waals surface area contributed by atoms with Gasteiger partial charge in [0.15, 0.2) is 0 Å². The van der Waals surface area contributed by atoms with E-state index in [4.69, 9.17) is 10.2 Å². The number of carboxylic acids is 1. The van der Waals surface area contributed by atoms with Gasteiger partial charge in [0.05, 0.1) is 13.0 Å². The zero-order valence-electron chi connectivity index (χ0n) is 10.8. The Morgan fingerprint density at radius 2 is 2.11 bits per heavy atom. The molecule has 2 amide bonds. The molecule has 0 aromatic heterocycles. The zero-order valence-corrected chi connectivity index (χ0v) is 10.8. The van der Waals surface area contributed by atoms with Crippen molar-refractivity contribution < 1.29 is 19.8 Å². The highest BCUT2D eigenvalue weighted by atomic mass is 16.4. The molecule has 1 rings (SSSR count). The van der Waals surface area contributed by atoms with Gasteiger partial charge in [0.25, 0.3) is 0 Å². The quantitative estimate of drug-likeness (QED) is 0.600. The van der Waals surface area contributed by atoms with Gasteiger partial charge < -0.3 is 20.4 Å². The van der Waals surface area contributed by atoms with Crippen molar-refractivity contribution in [3.8, 4) is 0 Å². The van der Waals surface area contributed by atoms with Crippen LogP contribution in [0.25, 0.3) is 0 Å². The fourth-order valence-electron chi connectivity index (χ4n) is 1.99. The maximum atomic E-state index is 12.0. The summed E-state index contributed by atoms with van der Waals surface area (Å²) in [6.45, 7) is 2.19. The van der Waals surface area contributed by atoms with E-state index in [0.29, 0.717) is 13.0 Å². The van der Waals surface area contributed by atoms with Gasteiger partial charge in [-0.25, -0.2) is 4.79 Å². The molecule has 0 aromatic rings. The molecule has 0 aromatic carbocycles. The van der Waals surface area contributed by atoms with Gasteiger partial charge in [0, 0.05) is 18.6 Å². The number of hydrogen-bond donors (Lipinski definition) is 3. The number of carbonyl (C=O) groups excluding carboxylic acids is 1. The minimum absolute atomic E-state index is 0.0583. The normalized spacial score (nSPS) is 16.1. The van der Waals surface area contributed by atoms with Crippen LogP contribution in [-0.2, 0) is 4.79 Å². The molecule has 0 saturated heterocycles. The van der Waals surface area contributed by atoms with Crippen molar-refractivity contribution >= 4 is 12.0 Å². The van der Waals surface area contributed by atoms with Gasteiger partial charge in [-0.1, -0.05) is 13.3 Å². The standard InChI is InChI=1S/C12H22N2O4/c1-2-3-9(8-11(16)17)13-12(18)14(6-7-15)10-4-5-10/h9-10,15H,2-8H2,1H3,(H,13,18)(H,16,17). The molecule has 1 aliphatic rings. The number of hydrogen-bond acceptors (Lipinski definition) is 3. The third-order valence-corrected chi connectivity index (χ3v) is 2.98. The van der Waals surface area contributed by atoms with Crippen LogP contribution in [0.1, 0.15) is 39.0 Å². The molecule has 1 atom stereocenters. The molecule has 6 nitrogen and oxygen atoms in total. The number of carbonyl (C=O) groups is 2. The topological polar surface area (TPSA) is 89.9 Å². The minimum atomic E-state index is -0.908. The Morgan fingerprint density at radius 3 is 2.56 bits per heavy atom. The molecule has 0 bridgehead atoms. The summed E-state index contributed by atoms with van der Waals surface area (Å²) in [6.07, 6.45) is 3.34. The van der Waals surface area contributed by atoms with Crippen LogP contribution in [-0.4, -0.2) is 52.3 Å². The number of urea groups is 1. The summed E-state index contributed by atoms with van der Waals surface area (Å²) in [5.74, 6) is -0.908. The number of rotatable bonds is 8. The van der Waals surface area contributed by atoms with Crippen molar-refractivity contribution in [2.75, 3.05) is 13.2 Å². The maximum Gasteiger partial charge on any atom is 0.317 e. The second kappa shape index (κ2) is 7.20. The minimum Gasteiger partial charge on any atom is -0.481 e. The third-order valence-electron chi connectivity index (χ3n) is 2.98. The summed E-state index contributed by atoms with van der Waals surface area (Å²) in [6, 6.07) is -0.379. The highest BCUT2D eigenvalue weighted by molar-refractivity contribution is 5.76. The lowest BCUT2D eigenvalue weighted by molar-refractivity contribution is -0.137. The molecule has 18 heavy (non-hydrogen) atoms. The van der Waals surface area contributed by atoms with Crippen LogP contribution in [0.3, 0.4) is 0 Å². The number of aliphatic hydroxyl groups excluding tert-OH is 1. The van der Waals surface area contributed by atoms with Crippen LogP contribution < -0.4 is 5.32 Å². The van der Waals surface area contributed by atoms with Crippen molar-refractivity contribution in [2.24, 2.45) is 0 Å². The van der Waals surface area contributed by atoms with E-state index >= 15 is 0 Å². The molecule has 1 unspecified atom stereocenters. The number of amides is 2. The lowest BCUT2D eigenvalue weighted by atomic mass is 10.1. The third kappa shape index (κ3) is 4.91. The van der Waals surface area contributed by atoms with Crippen LogP contribution in [0.15, 0.2) is 0 Å². The molecule has 1 fully saturated rings. The second-order valence-corrected chi connectivity index (χ2v) is 4.68. The van der Waals surface area contributed by atoms with Crippen molar-refractivity contribution in [3.63, 3.8) is 0 Å². The first-order valence-electron chi connectivity index (χ1n) is 6.48. The Hall–Kier alpha value is -1.30. The number of nitrogens with zero attached hydrogens (tertiary/aromatic N) is 1. The van der Waals surface area contributed by atoms with Gasteiger partial charge in [0.2, 0.25) is 0 Å². The molecule has 1 saturated carbocycles. The molecular formula is C12H22N2O4. The zero-order chi connectivity index (χ0) is 13.5. The van der Waals surface area contributed by atoms with Crippen molar-refractivity contribution in [2.45, 2.75) is 51.1 Å². The van der Waals surface area contributed by atoms with Gasteiger partial charge in [0.1, 0.15) is 0 Å². The van der Waals surface area contributed by atoms with Crippen LogP contribution in [0, 0.1) is 0 Å². The Morgan fingerprint density at radius 1 is 1.44 bits per heavy atom. The van der Waals surface area contributed by atoms with E-state index in [2.05, 4.69) is 5.32 Å². The number of aliphatic carboxylic acids is 1. The lowest BCUT2D eigenvalue weighted by Crippen LogP contribution is -2.47. The first-order valence-corrected chi connectivity index (χ1v) is 6.48. The van der Waals surface area contributed by atoms with E-state index in [-0.39, 0.29) is 31.1 Å². The maximum absolute atomic E-state index is 12.0. The van der Waals surface area contributed by atoms with Crippen LogP contribution in [0.2, 0.25) is 0 Å². The van der Waals surface area contributed by atoms with Gasteiger partial charge in [-0.2, -0.15) is 0 Å². The molecule has 0 aliphatic heterocycles. The fourth-order valence-corrected chi connectivity index (χ4v) is 1.99. The summed E-state index contributed by atoms with van der Waals surface area (Å²) in [7, 11) is 0. The molecular weight excluding hydrogens is 236 g/mol. The predicted molar refractivity (Wildman–Crippen MR) is 66.3 cm³/mol. The first-order chi connectivity index (χ1) is 8.58. The Balaban J connectivity index is 2.49. The van der Waals surface area contributed by atoms with E-state index in [9.17, 15) is 9.59 Å². The van der Waals surface area contributed by atoms with E-state index in [1.165, 1.54) is 0 Å². The monoisotopic (exact) mass is 258 g/mol. The fraction of sp³-hybridized carbons (Fsp3) is 0.833. The largest absolute Gasteiger partial charge is 0.481 e. The van der Waals surface area contributed by atoms with Crippen molar-refractivity contribution in [1.29, 1.82) is 0 Å². The summed E-state index contributed by atoms with van der Waals surface area (Å²) in [5.41, 5.74) is 0. The van der Waals surface area contributed by atoms with Crippen LogP contribution in [0.5, 0.6) is 0 Å². The predicted octanol–water partition coefficient (Wildman–Crippen LogP) is 0.796. The van der Waals surface area contributed by atoms with Crippen molar-refractivity contribution in [1.82, 2.24) is 10.2 Å². The molecule has 0 spiro atoms. The Labute approximate surface area is 107 Å². The summed E-state index contributed by atoms with van der Waals surface area (Å²) in [5, 5.41) is 20.5. The van der Waals surface area contributed by atoms with E-state index in [1.54, 1.807) is 4.90 Å². The van der Waals surface area contributed by atoms with E-state index in [1.807, 2.05) is 6.92 Å².